The fourth-order valence-electron chi connectivity index (χ4n) is 6.74. The average molecular weight is 489 g/mol. The molecule has 0 aromatic carbocycles. The van der Waals surface area contributed by atoms with E-state index in [0.717, 1.165) is 0 Å². The lowest BCUT2D eigenvalue weighted by molar-refractivity contribution is -0.201. The summed E-state index contributed by atoms with van der Waals surface area (Å²) in [6, 6.07) is -0.813. The van der Waals surface area contributed by atoms with Crippen molar-refractivity contribution < 1.29 is 37.8 Å². The van der Waals surface area contributed by atoms with Crippen LogP contribution < -0.4 is 0 Å². The number of thioether (sulfide) groups is 1. The second kappa shape index (κ2) is 9.21. The van der Waals surface area contributed by atoms with Crippen LogP contribution in [0.25, 0.3) is 0 Å². The first-order valence-electron chi connectivity index (χ1n) is 11.3. The monoisotopic (exact) mass is 488 g/mol. The van der Waals surface area contributed by atoms with Crippen LogP contribution in [0.1, 0.15) is 52.9 Å². The average Bonchev–Trinajstić information content (AvgIpc) is 3.09. The number of ketones is 1. The first kappa shape index (κ1) is 26.0. The van der Waals surface area contributed by atoms with Gasteiger partial charge in [0.15, 0.2) is 16.6 Å². The zero-order chi connectivity index (χ0) is 24.8. The second-order valence-corrected chi connectivity index (χ2v) is 10.8. The minimum atomic E-state index is -2.12. The number of carbonyl (C=O) groups excluding carboxylic acids is 2. The van der Waals surface area contributed by atoms with Gasteiger partial charge in [0.05, 0.1) is 6.10 Å². The summed E-state index contributed by atoms with van der Waals surface area (Å²) in [5.74, 6) is -2.64. The second-order valence-electron chi connectivity index (χ2n) is 9.90. The van der Waals surface area contributed by atoms with Gasteiger partial charge in [-0.1, -0.05) is 31.7 Å². The number of allylic oxidation sites excluding steroid dienone is 4. The Bertz CT molecular complexity index is 891. The number of carboxylic acids is 1. The molecule has 0 saturated heterocycles. The lowest BCUT2D eigenvalue weighted by Crippen LogP contribution is -2.68. The zero-order valence-electron chi connectivity index (χ0n) is 19.0. The number of fused-ring (bicyclic) bond motifs is 5. The molecule has 4 aliphatic rings. The Morgan fingerprint density at radius 1 is 1.24 bits per heavy atom. The van der Waals surface area contributed by atoms with E-state index in [1.54, 1.807) is 13.8 Å². The molecule has 0 aromatic rings. The molecule has 6 unspecified atom stereocenters. The summed E-state index contributed by atoms with van der Waals surface area (Å²) in [6.07, 6.45) is 2.17. The number of carboxylic acid groups (broad SMARTS) is 1. The Morgan fingerprint density at radius 3 is 2.45 bits per heavy atom. The smallest absolute Gasteiger partial charge is 0.303 e. The molecule has 5 nitrogen and oxygen atoms in total. The molecule has 2 N–H and O–H groups in total. The summed E-state index contributed by atoms with van der Waals surface area (Å²) in [7, 11) is 0. The van der Waals surface area contributed by atoms with E-state index in [4.69, 9.17) is 5.11 Å². The summed E-state index contributed by atoms with van der Waals surface area (Å²) in [5, 5.41) is 18.5. The van der Waals surface area contributed by atoms with Crippen LogP contribution in [0.15, 0.2) is 23.8 Å². The molecule has 0 bridgehead atoms. The summed E-state index contributed by atoms with van der Waals surface area (Å²) < 4.78 is 44.6. The van der Waals surface area contributed by atoms with E-state index in [9.17, 15) is 23.9 Å². The SMILES string of the molecule is CC12CC(O)[C@@]3(F)C(C[C@H](F)C4=CC(=O)C=CC43C)C1CCC2C(=O)SCF.CCC(=O)O. The standard InChI is InChI=1S/C21H25F3O3S.C3H6O2/c1-19-9-17(26)21(24)14(12(19)3-4-13(19)18(27)28-10-22)8-16(23)15-7-11(25)5-6-20(15,21)2;1-2-3(4)5/h5-7,12-14,16-17,26H,3-4,8-10H2,1-2H3;2H2,1H3,(H,4,5)/t12?,13?,14?,16-,17?,19?,20?,21-;/m0./s1. The third kappa shape index (κ3) is 3.99. The highest BCUT2D eigenvalue weighted by Gasteiger charge is 2.72. The van der Waals surface area contributed by atoms with Crippen LogP contribution in [-0.2, 0) is 14.4 Å². The number of rotatable bonds is 3. The third-order valence-electron chi connectivity index (χ3n) is 8.41. The summed E-state index contributed by atoms with van der Waals surface area (Å²) in [6.45, 7) is 5.02. The van der Waals surface area contributed by atoms with E-state index in [1.165, 1.54) is 18.2 Å². The van der Waals surface area contributed by atoms with Gasteiger partial charge in [-0.3, -0.25) is 14.4 Å². The van der Waals surface area contributed by atoms with Crippen LogP contribution in [-0.4, -0.2) is 51.0 Å². The molecular weight excluding hydrogens is 457 g/mol. The van der Waals surface area contributed by atoms with Gasteiger partial charge in [0.1, 0.15) is 12.2 Å². The van der Waals surface area contributed by atoms with Crippen LogP contribution >= 0.6 is 11.8 Å². The number of aliphatic hydroxyl groups is 1. The van der Waals surface area contributed by atoms with Crippen LogP contribution in [0.4, 0.5) is 13.2 Å². The molecule has 0 amide bonds. The number of hydrogen-bond donors (Lipinski definition) is 2. The van der Waals surface area contributed by atoms with Crippen molar-refractivity contribution in [3.63, 3.8) is 0 Å². The van der Waals surface area contributed by atoms with Gasteiger partial charge in [0, 0.05) is 23.7 Å². The van der Waals surface area contributed by atoms with Crippen molar-refractivity contribution in [1.82, 2.24) is 0 Å². The molecule has 9 heteroatoms. The van der Waals surface area contributed by atoms with Gasteiger partial charge in [-0.15, -0.1) is 0 Å². The minimum absolute atomic E-state index is 0.0650. The van der Waals surface area contributed by atoms with Crippen LogP contribution in [0.5, 0.6) is 0 Å². The van der Waals surface area contributed by atoms with Crippen molar-refractivity contribution in [1.29, 1.82) is 0 Å². The largest absolute Gasteiger partial charge is 0.481 e. The summed E-state index contributed by atoms with van der Waals surface area (Å²) >= 11 is 0.618. The van der Waals surface area contributed by atoms with Crippen molar-refractivity contribution in [3.8, 4) is 0 Å². The van der Waals surface area contributed by atoms with Gasteiger partial charge in [0.25, 0.3) is 0 Å². The maximum absolute atomic E-state index is 16.7. The quantitative estimate of drug-likeness (QED) is 0.604. The highest BCUT2D eigenvalue weighted by atomic mass is 32.2. The summed E-state index contributed by atoms with van der Waals surface area (Å²) in [4.78, 5) is 33.6. The van der Waals surface area contributed by atoms with Gasteiger partial charge >= 0.3 is 5.97 Å². The predicted molar refractivity (Wildman–Crippen MR) is 119 cm³/mol. The lowest BCUT2D eigenvalue weighted by Gasteiger charge is -2.62. The van der Waals surface area contributed by atoms with Crippen molar-refractivity contribution in [2.45, 2.75) is 70.8 Å². The molecule has 4 aliphatic carbocycles. The first-order valence-corrected chi connectivity index (χ1v) is 12.3. The lowest BCUT2D eigenvalue weighted by atomic mass is 9.45. The van der Waals surface area contributed by atoms with Crippen molar-refractivity contribution in [2.24, 2.45) is 28.6 Å². The maximum Gasteiger partial charge on any atom is 0.303 e. The van der Waals surface area contributed by atoms with Gasteiger partial charge in [-0.25, -0.2) is 13.2 Å². The topological polar surface area (TPSA) is 91.7 Å². The molecule has 0 aliphatic heterocycles. The highest BCUT2D eigenvalue weighted by Crippen LogP contribution is 2.69. The Kier molecular flexibility index (Phi) is 7.26. The normalized spacial score (nSPS) is 43.4. The molecule has 0 radical (unpaired) electrons. The molecule has 0 heterocycles. The molecular formula is C24H31F3O5S. The Hall–Kier alpha value is -1.61. The molecule has 4 rings (SSSR count). The first-order chi connectivity index (χ1) is 15.4. The number of aliphatic carboxylic acids is 1. The van der Waals surface area contributed by atoms with Crippen molar-refractivity contribution in [3.05, 3.63) is 23.8 Å². The van der Waals surface area contributed by atoms with Crippen LogP contribution in [0.2, 0.25) is 0 Å². The van der Waals surface area contributed by atoms with Crippen molar-refractivity contribution in [2.75, 3.05) is 6.01 Å². The Morgan fingerprint density at radius 2 is 1.88 bits per heavy atom. The molecule has 0 aromatic heterocycles. The van der Waals surface area contributed by atoms with Gasteiger partial charge in [-0.05, 0) is 61.7 Å². The van der Waals surface area contributed by atoms with Gasteiger partial charge < -0.3 is 10.2 Å². The molecule has 0 spiro atoms. The molecule has 3 fully saturated rings. The van der Waals surface area contributed by atoms with Gasteiger partial charge in [-0.2, -0.15) is 0 Å². The molecule has 184 valence electrons. The fraction of sp³-hybridized carbons (Fsp3) is 0.708. The van der Waals surface area contributed by atoms with E-state index in [2.05, 4.69) is 0 Å². The van der Waals surface area contributed by atoms with E-state index in [0.29, 0.717) is 24.6 Å². The van der Waals surface area contributed by atoms with E-state index in [1.807, 2.05) is 6.92 Å². The maximum atomic E-state index is 16.7. The van der Waals surface area contributed by atoms with Gasteiger partial charge in [0.2, 0.25) is 0 Å². The molecule has 33 heavy (non-hydrogen) atoms. The van der Waals surface area contributed by atoms with Crippen LogP contribution in [0, 0.1) is 28.6 Å². The van der Waals surface area contributed by atoms with Crippen LogP contribution in [0.3, 0.4) is 0 Å². The van der Waals surface area contributed by atoms with Crippen molar-refractivity contribution >= 4 is 28.6 Å². The summed E-state index contributed by atoms with van der Waals surface area (Å²) in [5.41, 5.74) is -4.11. The number of hydrogen-bond acceptors (Lipinski definition) is 5. The number of carbonyl (C=O) groups is 3. The highest BCUT2D eigenvalue weighted by molar-refractivity contribution is 8.13. The fourth-order valence-corrected chi connectivity index (χ4v) is 7.44. The Balaban J connectivity index is 0.000000555. The zero-order valence-corrected chi connectivity index (χ0v) is 19.8. The number of halogens is 3. The third-order valence-corrected chi connectivity index (χ3v) is 9.09. The minimum Gasteiger partial charge on any atom is -0.481 e. The number of aliphatic hydroxyl groups excluding tert-OH is 1. The molecule has 3 saturated carbocycles. The predicted octanol–water partition coefficient (Wildman–Crippen LogP) is 4.59. The van der Waals surface area contributed by atoms with E-state index in [-0.39, 0.29) is 41.7 Å². The van der Waals surface area contributed by atoms with E-state index < -0.39 is 52.6 Å². The van der Waals surface area contributed by atoms with E-state index >= 15 is 8.78 Å². The molecule has 8 atom stereocenters. The number of alkyl halides is 3. The Labute approximate surface area is 195 Å².